The van der Waals surface area contributed by atoms with Crippen LogP contribution in [0.2, 0.25) is 0 Å². The first-order valence-corrected chi connectivity index (χ1v) is 9.09. The second kappa shape index (κ2) is 7.23. The molecule has 1 aromatic carbocycles. The van der Waals surface area contributed by atoms with E-state index in [0.717, 1.165) is 20.6 Å². The second-order valence-corrected chi connectivity index (χ2v) is 7.28. The van der Waals surface area contributed by atoms with E-state index in [0.29, 0.717) is 12.0 Å². The number of nitrogens with zero attached hydrogens (tertiary/aromatic N) is 1. The standard InChI is InChI=1S/C18H15BrN2O2S/c1-11-18(24-10-21-11)15(12-2-5-14(19)6-3-12)8-16(22)13-4-7-17(23)20-9-13/h2-7,9-10,15H,8H2,1H3,(H,20,23). The summed E-state index contributed by atoms with van der Waals surface area (Å²) in [5, 5.41) is 0. The van der Waals surface area contributed by atoms with E-state index < -0.39 is 0 Å². The molecule has 6 heteroatoms. The molecule has 0 aliphatic heterocycles. The van der Waals surface area contributed by atoms with Gasteiger partial charge in [-0.15, -0.1) is 11.3 Å². The molecule has 1 N–H and O–H groups in total. The zero-order valence-corrected chi connectivity index (χ0v) is 15.4. The molecule has 3 rings (SSSR count). The Hall–Kier alpha value is -2.05. The number of H-pyrrole nitrogens is 1. The number of halogens is 1. The van der Waals surface area contributed by atoms with Crippen LogP contribution in [0.5, 0.6) is 0 Å². The van der Waals surface area contributed by atoms with Crippen molar-refractivity contribution in [1.29, 1.82) is 0 Å². The van der Waals surface area contributed by atoms with Gasteiger partial charge >= 0.3 is 0 Å². The molecular formula is C18H15BrN2O2S. The van der Waals surface area contributed by atoms with Gasteiger partial charge in [0.25, 0.3) is 0 Å². The number of aromatic amines is 1. The number of carbonyl (C=O) groups excluding carboxylic acids is 1. The van der Waals surface area contributed by atoms with Crippen molar-refractivity contribution in [1.82, 2.24) is 9.97 Å². The molecule has 0 saturated carbocycles. The topological polar surface area (TPSA) is 62.8 Å². The smallest absolute Gasteiger partial charge is 0.247 e. The van der Waals surface area contributed by atoms with E-state index in [-0.39, 0.29) is 17.3 Å². The van der Waals surface area contributed by atoms with Crippen molar-refractivity contribution in [2.75, 3.05) is 0 Å². The van der Waals surface area contributed by atoms with Gasteiger partial charge in [0.15, 0.2) is 5.78 Å². The number of aromatic nitrogens is 2. The number of pyridine rings is 1. The Balaban J connectivity index is 1.94. The summed E-state index contributed by atoms with van der Waals surface area (Å²) in [5.74, 6) is -0.0583. The van der Waals surface area contributed by atoms with Crippen LogP contribution < -0.4 is 5.56 Å². The lowest BCUT2D eigenvalue weighted by atomic mass is 9.90. The summed E-state index contributed by atoms with van der Waals surface area (Å²) < 4.78 is 0.998. The average molecular weight is 403 g/mol. The van der Waals surface area contributed by atoms with Gasteiger partial charge in [-0.3, -0.25) is 9.59 Å². The SMILES string of the molecule is Cc1ncsc1C(CC(=O)c1ccc(=O)[nH]c1)c1ccc(Br)cc1. The molecule has 122 valence electrons. The van der Waals surface area contributed by atoms with Gasteiger partial charge in [0.05, 0.1) is 11.2 Å². The van der Waals surface area contributed by atoms with E-state index in [1.807, 2.05) is 31.2 Å². The maximum Gasteiger partial charge on any atom is 0.247 e. The summed E-state index contributed by atoms with van der Waals surface area (Å²) in [6.07, 6.45) is 1.81. The normalized spacial score (nSPS) is 12.1. The number of aryl methyl sites for hydroxylation is 1. The van der Waals surface area contributed by atoms with E-state index in [2.05, 4.69) is 25.9 Å². The van der Waals surface area contributed by atoms with Crippen molar-refractivity contribution in [3.8, 4) is 0 Å². The summed E-state index contributed by atoms with van der Waals surface area (Å²) >= 11 is 5.01. The first-order valence-electron chi connectivity index (χ1n) is 7.42. The minimum absolute atomic E-state index is 0.00744. The van der Waals surface area contributed by atoms with E-state index in [1.54, 1.807) is 22.9 Å². The molecule has 0 aliphatic carbocycles. The maximum atomic E-state index is 12.7. The lowest BCUT2D eigenvalue weighted by Crippen LogP contribution is -2.11. The monoisotopic (exact) mass is 402 g/mol. The average Bonchev–Trinajstić information content (AvgIpc) is 3.00. The second-order valence-electron chi connectivity index (χ2n) is 5.48. The predicted octanol–water partition coefficient (Wildman–Crippen LogP) is 4.31. The molecule has 4 nitrogen and oxygen atoms in total. The quantitative estimate of drug-likeness (QED) is 0.646. The van der Waals surface area contributed by atoms with Crippen LogP contribution >= 0.6 is 27.3 Å². The Labute approximate surface area is 151 Å². The molecule has 0 bridgehead atoms. The molecule has 1 unspecified atom stereocenters. The Morgan fingerprint density at radius 2 is 2.00 bits per heavy atom. The number of ketones is 1. The molecule has 1 atom stereocenters. The minimum atomic E-state index is -0.214. The molecule has 0 fully saturated rings. The Morgan fingerprint density at radius 1 is 1.25 bits per heavy atom. The zero-order valence-electron chi connectivity index (χ0n) is 13.0. The molecule has 0 spiro atoms. The minimum Gasteiger partial charge on any atom is -0.328 e. The molecular weight excluding hydrogens is 388 g/mol. The van der Waals surface area contributed by atoms with Crippen LogP contribution in [0, 0.1) is 6.92 Å². The van der Waals surface area contributed by atoms with Crippen molar-refractivity contribution >= 4 is 33.0 Å². The highest BCUT2D eigenvalue weighted by Gasteiger charge is 2.22. The highest BCUT2D eigenvalue weighted by molar-refractivity contribution is 9.10. The highest BCUT2D eigenvalue weighted by atomic mass is 79.9. The lowest BCUT2D eigenvalue weighted by Gasteiger charge is -2.16. The fourth-order valence-corrected chi connectivity index (χ4v) is 3.79. The number of carbonyl (C=O) groups is 1. The van der Waals surface area contributed by atoms with Gasteiger partial charge in [-0.05, 0) is 30.7 Å². The number of hydrogen-bond donors (Lipinski definition) is 1. The number of rotatable bonds is 5. The van der Waals surface area contributed by atoms with Gasteiger partial charge in [-0.2, -0.15) is 0 Å². The fourth-order valence-electron chi connectivity index (χ4n) is 2.59. The van der Waals surface area contributed by atoms with E-state index >= 15 is 0 Å². The van der Waals surface area contributed by atoms with E-state index in [9.17, 15) is 9.59 Å². The van der Waals surface area contributed by atoms with Crippen molar-refractivity contribution in [3.05, 3.63) is 84.6 Å². The Morgan fingerprint density at radius 3 is 2.58 bits per heavy atom. The molecule has 2 heterocycles. The van der Waals surface area contributed by atoms with Crippen molar-refractivity contribution in [3.63, 3.8) is 0 Å². The lowest BCUT2D eigenvalue weighted by molar-refractivity contribution is 0.0977. The molecule has 3 aromatic rings. The summed E-state index contributed by atoms with van der Waals surface area (Å²) in [4.78, 5) is 31.8. The first-order chi connectivity index (χ1) is 11.5. The van der Waals surface area contributed by atoms with Crippen LogP contribution in [0.25, 0.3) is 0 Å². The summed E-state index contributed by atoms with van der Waals surface area (Å²) in [7, 11) is 0. The first kappa shape index (κ1) is 16.8. The Kier molecular flexibility index (Phi) is 5.06. The van der Waals surface area contributed by atoms with Crippen molar-refractivity contribution in [2.24, 2.45) is 0 Å². The number of hydrogen-bond acceptors (Lipinski definition) is 4. The van der Waals surface area contributed by atoms with Crippen LogP contribution in [0.3, 0.4) is 0 Å². The third-order valence-electron chi connectivity index (χ3n) is 3.87. The third kappa shape index (κ3) is 3.71. The Bertz CT molecular complexity index is 895. The van der Waals surface area contributed by atoms with Gasteiger partial charge in [-0.1, -0.05) is 28.1 Å². The van der Waals surface area contributed by atoms with Gasteiger partial charge in [0, 0.05) is 39.5 Å². The fraction of sp³-hybridized carbons (Fsp3) is 0.167. The number of Topliss-reactive ketones (excluding diaryl/α,β-unsaturated/α-hetero) is 1. The van der Waals surface area contributed by atoms with Crippen LogP contribution in [0.15, 0.2) is 57.4 Å². The molecule has 0 amide bonds. The molecule has 0 radical (unpaired) electrons. The summed E-state index contributed by atoms with van der Waals surface area (Å²) in [6.45, 7) is 1.96. The largest absolute Gasteiger partial charge is 0.328 e. The maximum absolute atomic E-state index is 12.7. The van der Waals surface area contributed by atoms with E-state index in [1.165, 1.54) is 12.3 Å². The summed E-state index contributed by atoms with van der Waals surface area (Å²) in [5.41, 5.74) is 4.12. The molecule has 24 heavy (non-hydrogen) atoms. The highest BCUT2D eigenvalue weighted by Crippen LogP contribution is 2.34. The molecule has 0 saturated heterocycles. The van der Waals surface area contributed by atoms with Crippen LogP contribution in [-0.2, 0) is 0 Å². The van der Waals surface area contributed by atoms with Gasteiger partial charge < -0.3 is 4.98 Å². The number of thiazole rings is 1. The van der Waals surface area contributed by atoms with Gasteiger partial charge in [0.2, 0.25) is 5.56 Å². The van der Waals surface area contributed by atoms with Crippen LogP contribution in [-0.4, -0.2) is 15.8 Å². The van der Waals surface area contributed by atoms with Gasteiger partial charge in [-0.25, -0.2) is 4.98 Å². The zero-order chi connectivity index (χ0) is 17.1. The summed E-state index contributed by atoms with van der Waals surface area (Å²) in [6, 6.07) is 10.9. The third-order valence-corrected chi connectivity index (χ3v) is 5.44. The van der Waals surface area contributed by atoms with Crippen molar-refractivity contribution < 1.29 is 4.79 Å². The number of nitrogens with one attached hydrogen (secondary N) is 1. The van der Waals surface area contributed by atoms with Crippen LogP contribution in [0.1, 0.15) is 38.8 Å². The van der Waals surface area contributed by atoms with Crippen molar-refractivity contribution in [2.45, 2.75) is 19.3 Å². The predicted molar refractivity (Wildman–Crippen MR) is 98.8 cm³/mol. The number of benzene rings is 1. The van der Waals surface area contributed by atoms with Gasteiger partial charge in [0.1, 0.15) is 0 Å². The van der Waals surface area contributed by atoms with E-state index in [4.69, 9.17) is 0 Å². The molecule has 2 aromatic heterocycles. The van der Waals surface area contributed by atoms with Crippen LogP contribution in [0.4, 0.5) is 0 Å². The molecule has 0 aliphatic rings.